The second kappa shape index (κ2) is 6.73. The van der Waals surface area contributed by atoms with Crippen molar-refractivity contribution >= 4 is 0 Å². The summed E-state index contributed by atoms with van der Waals surface area (Å²) in [5.74, 6) is 0.880. The summed E-state index contributed by atoms with van der Waals surface area (Å²) in [7, 11) is 2.15. The fourth-order valence-electron chi connectivity index (χ4n) is 3.29. The Bertz CT molecular complexity index is 867. The number of hydrogen-bond acceptors (Lipinski definition) is 3. The first-order chi connectivity index (χ1) is 12.2. The van der Waals surface area contributed by atoms with Crippen LogP contribution in [0.25, 0.3) is 11.3 Å². The minimum absolute atomic E-state index is 0.559. The summed E-state index contributed by atoms with van der Waals surface area (Å²) in [5, 5.41) is 7.82. The normalized spacial score (nSPS) is 14.3. The Morgan fingerprint density at radius 1 is 1.12 bits per heavy atom. The van der Waals surface area contributed by atoms with Gasteiger partial charge >= 0.3 is 0 Å². The van der Waals surface area contributed by atoms with E-state index in [4.69, 9.17) is 4.74 Å². The molecule has 0 atom stereocenters. The van der Waals surface area contributed by atoms with Crippen LogP contribution in [0.2, 0.25) is 0 Å². The van der Waals surface area contributed by atoms with Crippen LogP contribution < -0.4 is 4.74 Å². The highest BCUT2D eigenvalue weighted by molar-refractivity contribution is 5.70. The molecule has 0 aliphatic carbocycles. The highest BCUT2D eigenvalue weighted by atomic mass is 16.5. The molecule has 0 unspecified atom stereocenters. The Morgan fingerprint density at radius 3 is 2.76 bits per heavy atom. The second-order valence-corrected chi connectivity index (χ2v) is 6.79. The van der Waals surface area contributed by atoms with Crippen LogP contribution in [0.5, 0.6) is 5.75 Å². The van der Waals surface area contributed by atoms with E-state index in [0.717, 1.165) is 36.5 Å². The lowest BCUT2D eigenvalue weighted by molar-refractivity contribution is 0.306. The van der Waals surface area contributed by atoms with Crippen molar-refractivity contribution in [3.05, 3.63) is 70.9 Å². The number of H-pyrrole nitrogens is 1. The molecule has 4 rings (SSSR count). The molecule has 2 heterocycles. The minimum atomic E-state index is 0.559. The average molecular weight is 333 g/mol. The van der Waals surface area contributed by atoms with Crippen molar-refractivity contribution in [2.24, 2.45) is 0 Å². The fourth-order valence-corrected chi connectivity index (χ4v) is 3.29. The summed E-state index contributed by atoms with van der Waals surface area (Å²) in [6.45, 7) is 4.65. The van der Waals surface area contributed by atoms with Gasteiger partial charge in [-0.3, -0.25) is 5.10 Å². The number of aromatic amines is 1. The summed E-state index contributed by atoms with van der Waals surface area (Å²) in [5.41, 5.74) is 7.05. The third-order valence-electron chi connectivity index (χ3n) is 4.78. The van der Waals surface area contributed by atoms with Crippen molar-refractivity contribution in [3.8, 4) is 17.0 Å². The van der Waals surface area contributed by atoms with Crippen molar-refractivity contribution in [2.45, 2.75) is 26.5 Å². The Balaban J connectivity index is 1.61. The van der Waals surface area contributed by atoms with Crippen LogP contribution in [-0.2, 0) is 19.6 Å². The van der Waals surface area contributed by atoms with Crippen molar-refractivity contribution in [3.63, 3.8) is 0 Å². The smallest absolute Gasteiger partial charge is 0.129 e. The average Bonchev–Trinajstić information content (AvgIpc) is 3.04. The summed E-state index contributed by atoms with van der Waals surface area (Å²) >= 11 is 0. The van der Waals surface area contributed by atoms with Gasteiger partial charge in [0.15, 0.2) is 0 Å². The Kier molecular flexibility index (Phi) is 4.28. The number of aromatic nitrogens is 2. The van der Waals surface area contributed by atoms with E-state index in [-0.39, 0.29) is 0 Å². The SMILES string of the molecule is Cc1ccc(COc2ccccc2-c2n[nH]c3c2CN(C)CC3)cc1. The monoisotopic (exact) mass is 333 g/mol. The van der Waals surface area contributed by atoms with Gasteiger partial charge in [-0.15, -0.1) is 0 Å². The van der Waals surface area contributed by atoms with E-state index in [2.05, 4.69) is 59.4 Å². The number of benzene rings is 2. The van der Waals surface area contributed by atoms with Crippen molar-refractivity contribution < 1.29 is 4.74 Å². The topological polar surface area (TPSA) is 41.1 Å². The number of fused-ring (bicyclic) bond motifs is 1. The van der Waals surface area contributed by atoms with Gasteiger partial charge in [-0.1, -0.05) is 42.0 Å². The van der Waals surface area contributed by atoms with Crippen LogP contribution in [0, 0.1) is 6.92 Å². The van der Waals surface area contributed by atoms with Gasteiger partial charge in [0.05, 0.1) is 0 Å². The molecular weight excluding hydrogens is 310 g/mol. The van der Waals surface area contributed by atoms with Gasteiger partial charge in [0, 0.05) is 36.3 Å². The molecule has 0 bridgehead atoms. The van der Waals surface area contributed by atoms with E-state index in [1.165, 1.54) is 22.4 Å². The zero-order valence-corrected chi connectivity index (χ0v) is 14.7. The molecular formula is C21H23N3O. The molecule has 1 aliphatic heterocycles. The molecule has 128 valence electrons. The zero-order chi connectivity index (χ0) is 17.2. The lowest BCUT2D eigenvalue weighted by Gasteiger charge is -2.22. The van der Waals surface area contributed by atoms with Gasteiger partial charge in [0.1, 0.15) is 18.1 Å². The summed E-state index contributed by atoms with van der Waals surface area (Å²) in [6.07, 6.45) is 1.02. The van der Waals surface area contributed by atoms with E-state index < -0.39 is 0 Å². The Labute approximate surface area is 148 Å². The van der Waals surface area contributed by atoms with Gasteiger partial charge in [-0.25, -0.2) is 0 Å². The van der Waals surface area contributed by atoms with E-state index >= 15 is 0 Å². The first-order valence-electron chi connectivity index (χ1n) is 8.73. The molecule has 1 N–H and O–H groups in total. The van der Waals surface area contributed by atoms with Crippen LogP contribution in [0.3, 0.4) is 0 Å². The molecule has 0 radical (unpaired) electrons. The molecule has 2 aromatic carbocycles. The number of para-hydroxylation sites is 1. The number of nitrogens with zero attached hydrogens (tertiary/aromatic N) is 2. The lowest BCUT2D eigenvalue weighted by atomic mass is 10.0. The maximum Gasteiger partial charge on any atom is 0.129 e. The Morgan fingerprint density at radius 2 is 1.92 bits per heavy atom. The van der Waals surface area contributed by atoms with Crippen LogP contribution in [0.4, 0.5) is 0 Å². The third-order valence-corrected chi connectivity index (χ3v) is 4.78. The van der Waals surface area contributed by atoms with E-state index in [0.29, 0.717) is 6.61 Å². The quantitative estimate of drug-likeness (QED) is 0.786. The summed E-state index contributed by atoms with van der Waals surface area (Å²) in [6, 6.07) is 16.6. The first-order valence-corrected chi connectivity index (χ1v) is 8.73. The fraction of sp³-hybridized carbons (Fsp3) is 0.286. The van der Waals surface area contributed by atoms with E-state index in [1.807, 2.05) is 18.2 Å². The van der Waals surface area contributed by atoms with Crippen LogP contribution in [-0.4, -0.2) is 28.7 Å². The van der Waals surface area contributed by atoms with E-state index in [1.54, 1.807) is 0 Å². The second-order valence-electron chi connectivity index (χ2n) is 6.79. The minimum Gasteiger partial charge on any atom is -0.488 e. The zero-order valence-electron chi connectivity index (χ0n) is 14.7. The number of aryl methyl sites for hydroxylation is 1. The number of hydrogen-bond donors (Lipinski definition) is 1. The molecule has 0 saturated carbocycles. The summed E-state index contributed by atoms with van der Waals surface area (Å²) in [4.78, 5) is 2.33. The molecule has 1 aliphatic rings. The lowest BCUT2D eigenvalue weighted by Crippen LogP contribution is -2.26. The first kappa shape index (κ1) is 15.9. The standard InChI is InChI=1S/C21H23N3O/c1-15-7-9-16(10-8-15)14-25-20-6-4-3-5-17(20)21-18-13-24(2)12-11-19(18)22-23-21/h3-10H,11-14H2,1-2H3,(H,22,23). The third kappa shape index (κ3) is 3.30. The van der Waals surface area contributed by atoms with Crippen molar-refractivity contribution in [1.82, 2.24) is 15.1 Å². The molecule has 4 heteroatoms. The summed E-state index contributed by atoms with van der Waals surface area (Å²) < 4.78 is 6.14. The van der Waals surface area contributed by atoms with E-state index in [9.17, 15) is 0 Å². The van der Waals surface area contributed by atoms with Gasteiger partial charge in [0.2, 0.25) is 0 Å². The van der Waals surface area contributed by atoms with Gasteiger partial charge in [0.25, 0.3) is 0 Å². The molecule has 1 aromatic heterocycles. The number of ether oxygens (including phenoxy) is 1. The molecule has 0 spiro atoms. The van der Waals surface area contributed by atoms with Gasteiger partial charge < -0.3 is 9.64 Å². The molecule has 0 fully saturated rings. The van der Waals surface area contributed by atoms with Crippen molar-refractivity contribution in [1.29, 1.82) is 0 Å². The molecule has 25 heavy (non-hydrogen) atoms. The molecule has 0 saturated heterocycles. The molecule has 3 aromatic rings. The molecule has 4 nitrogen and oxygen atoms in total. The number of nitrogens with one attached hydrogen (secondary N) is 1. The largest absolute Gasteiger partial charge is 0.488 e. The van der Waals surface area contributed by atoms with Crippen molar-refractivity contribution in [2.75, 3.05) is 13.6 Å². The Hall–Kier alpha value is -2.59. The van der Waals surface area contributed by atoms with Gasteiger partial charge in [-0.05, 0) is 31.7 Å². The highest BCUT2D eigenvalue weighted by Crippen LogP contribution is 2.34. The molecule has 0 amide bonds. The number of likely N-dealkylation sites (N-methyl/N-ethyl adjacent to an activating group) is 1. The van der Waals surface area contributed by atoms with Gasteiger partial charge in [-0.2, -0.15) is 5.10 Å². The number of rotatable bonds is 4. The maximum atomic E-state index is 6.14. The predicted molar refractivity (Wildman–Crippen MR) is 99.6 cm³/mol. The van der Waals surface area contributed by atoms with Crippen LogP contribution >= 0.6 is 0 Å². The maximum absolute atomic E-state index is 6.14. The van der Waals surface area contributed by atoms with Crippen LogP contribution in [0.15, 0.2) is 48.5 Å². The highest BCUT2D eigenvalue weighted by Gasteiger charge is 2.22. The predicted octanol–water partition coefficient (Wildman–Crippen LogP) is 3.95. The van der Waals surface area contributed by atoms with Crippen LogP contribution in [0.1, 0.15) is 22.4 Å².